The summed E-state index contributed by atoms with van der Waals surface area (Å²) in [6.45, 7) is 0. The summed E-state index contributed by atoms with van der Waals surface area (Å²) in [5.41, 5.74) is 8.28. The maximum Gasteiger partial charge on any atom is 0.164 e. The lowest BCUT2D eigenvalue weighted by atomic mass is 9.86. The zero-order valence-corrected chi connectivity index (χ0v) is 28.7. The van der Waals surface area contributed by atoms with Gasteiger partial charge in [-0.25, -0.2) is 15.0 Å². The highest BCUT2D eigenvalue weighted by Crippen LogP contribution is 2.43. The maximum absolute atomic E-state index is 6.67. The zero-order valence-electron chi connectivity index (χ0n) is 28.7. The van der Waals surface area contributed by atoms with Crippen LogP contribution in [0.4, 0.5) is 0 Å². The largest absolute Gasteiger partial charge is 0.455 e. The minimum atomic E-state index is -0.0410. The van der Waals surface area contributed by atoms with Crippen LogP contribution >= 0.6 is 0 Å². The molecular formula is C49H31N3O. The first-order valence-electron chi connectivity index (χ1n) is 18.1. The van der Waals surface area contributed by atoms with Gasteiger partial charge in [-0.15, -0.1) is 0 Å². The number of furan rings is 1. The number of fused-ring (bicyclic) bond motifs is 9. The van der Waals surface area contributed by atoms with Gasteiger partial charge in [-0.1, -0.05) is 146 Å². The van der Waals surface area contributed by atoms with Gasteiger partial charge in [0.2, 0.25) is 0 Å². The van der Waals surface area contributed by atoms with Gasteiger partial charge in [-0.05, 0) is 79.7 Å². The Bertz CT molecular complexity index is 3100. The Morgan fingerprint density at radius 1 is 0.491 bits per heavy atom. The molecule has 0 bridgehead atoms. The third kappa shape index (κ3) is 4.80. The molecule has 1 aliphatic rings. The van der Waals surface area contributed by atoms with E-state index in [9.17, 15) is 0 Å². The van der Waals surface area contributed by atoms with Gasteiger partial charge in [-0.2, -0.15) is 0 Å². The first-order valence-corrected chi connectivity index (χ1v) is 18.1. The van der Waals surface area contributed by atoms with E-state index in [1.54, 1.807) is 0 Å². The fourth-order valence-electron chi connectivity index (χ4n) is 8.32. The molecule has 0 amide bonds. The van der Waals surface area contributed by atoms with Crippen LogP contribution in [0.1, 0.15) is 22.9 Å². The highest BCUT2D eigenvalue weighted by Gasteiger charge is 2.25. The second-order valence-electron chi connectivity index (χ2n) is 13.9. The average molecular weight is 678 g/mol. The monoisotopic (exact) mass is 677 g/mol. The standard InChI is InChI=1S/C49H31N3O/c1-2-12-30(13-3-1)37-26-27-41(45-40-20-10-11-21-44(40)53-46(37)45)48-50-47(34-25-24-32-23-22-31-14-4-6-16-35(31)42(32)29-34)51-49(52-48)43-28-33-15-5-7-17-36(33)38-18-8-9-19-39(38)43/h1-28,34H,29H2. The third-order valence-electron chi connectivity index (χ3n) is 10.9. The molecule has 0 aliphatic heterocycles. The van der Waals surface area contributed by atoms with E-state index in [1.165, 1.54) is 32.7 Å². The Morgan fingerprint density at radius 2 is 1.15 bits per heavy atom. The fraction of sp³-hybridized carbons (Fsp3) is 0.0408. The second kappa shape index (κ2) is 11.8. The molecule has 10 aromatic rings. The van der Waals surface area contributed by atoms with Gasteiger partial charge in [0.25, 0.3) is 0 Å². The average Bonchev–Trinajstić information content (AvgIpc) is 3.63. The van der Waals surface area contributed by atoms with Crippen LogP contribution in [-0.2, 0) is 6.42 Å². The Balaban J connectivity index is 1.18. The van der Waals surface area contributed by atoms with Gasteiger partial charge in [-0.3, -0.25) is 0 Å². The molecule has 2 aromatic heterocycles. The molecule has 11 rings (SSSR count). The predicted molar refractivity (Wildman–Crippen MR) is 218 cm³/mol. The first-order chi connectivity index (χ1) is 26.3. The molecule has 4 heteroatoms. The zero-order chi connectivity index (χ0) is 34.9. The van der Waals surface area contributed by atoms with Crippen molar-refractivity contribution in [3.8, 4) is 33.9 Å². The molecule has 0 spiro atoms. The van der Waals surface area contributed by atoms with E-state index in [4.69, 9.17) is 19.4 Å². The van der Waals surface area contributed by atoms with Crippen molar-refractivity contribution >= 4 is 60.3 Å². The Kier molecular flexibility index (Phi) is 6.65. The molecule has 4 nitrogen and oxygen atoms in total. The highest BCUT2D eigenvalue weighted by atomic mass is 16.3. The van der Waals surface area contributed by atoms with Gasteiger partial charge in [0.1, 0.15) is 17.0 Å². The topological polar surface area (TPSA) is 51.8 Å². The van der Waals surface area contributed by atoms with Crippen molar-refractivity contribution in [3.05, 3.63) is 181 Å². The Hall–Kier alpha value is -6.91. The molecule has 1 unspecified atom stereocenters. The van der Waals surface area contributed by atoms with Crippen LogP contribution in [0.25, 0.3) is 94.2 Å². The number of rotatable bonds is 4. The summed E-state index contributed by atoms with van der Waals surface area (Å²) >= 11 is 0. The summed E-state index contributed by atoms with van der Waals surface area (Å²) in [4.78, 5) is 16.1. The van der Waals surface area contributed by atoms with Crippen LogP contribution in [0.15, 0.2) is 168 Å². The summed E-state index contributed by atoms with van der Waals surface area (Å²) in [5.74, 6) is 2.01. The van der Waals surface area contributed by atoms with E-state index in [2.05, 4.69) is 152 Å². The van der Waals surface area contributed by atoms with Crippen LogP contribution in [0.2, 0.25) is 0 Å². The molecule has 1 atom stereocenters. The Labute approximate surface area is 305 Å². The van der Waals surface area contributed by atoms with E-state index in [-0.39, 0.29) is 5.92 Å². The lowest BCUT2D eigenvalue weighted by molar-refractivity contribution is 0.670. The van der Waals surface area contributed by atoms with Crippen molar-refractivity contribution in [2.24, 2.45) is 0 Å². The quantitative estimate of drug-likeness (QED) is 0.174. The second-order valence-corrected chi connectivity index (χ2v) is 13.9. The Morgan fingerprint density at radius 3 is 2.00 bits per heavy atom. The lowest BCUT2D eigenvalue weighted by Crippen LogP contribution is -2.12. The SMILES string of the molecule is C1=CC(c2nc(-c3cc4ccccc4c4ccccc34)nc(-c3ccc(-c4ccccc4)c4oc5ccccc5c34)n2)Cc2c1ccc1ccccc21. The van der Waals surface area contributed by atoms with Crippen molar-refractivity contribution in [1.82, 2.24) is 15.0 Å². The van der Waals surface area contributed by atoms with Crippen molar-refractivity contribution in [3.63, 3.8) is 0 Å². The molecule has 0 radical (unpaired) electrons. The summed E-state index contributed by atoms with van der Waals surface area (Å²) in [5, 5.41) is 9.21. The first kappa shape index (κ1) is 29.8. The van der Waals surface area contributed by atoms with Crippen molar-refractivity contribution in [1.29, 1.82) is 0 Å². The number of nitrogens with zero attached hydrogens (tertiary/aromatic N) is 3. The molecule has 0 saturated heterocycles. The summed E-state index contributed by atoms with van der Waals surface area (Å²) in [7, 11) is 0. The van der Waals surface area contributed by atoms with Crippen LogP contribution in [0, 0.1) is 0 Å². The molecule has 2 heterocycles. The summed E-state index contributed by atoms with van der Waals surface area (Å²) in [6, 6.07) is 55.4. The maximum atomic E-state index is 6.67. The lowest BCUT2D eigenvalue weighted by Gasteiger charge is -2.21. The minimum absolute atomic E-state index is 0.0410. The van der Waals surface area contributed by atoms with E-state index in [0.29, 0.717) is 11.6 Å². The van der Waals surface area contributed by atoms with Crippen LogP contribution in [0.5, 0.6) is 0 Å². The number of hydrogen-bond donors (Lipinski definition) is 0. The molecule has 0 saturated carbocycles. The van der Waals surface area contributed by atoms with Gasteiger partial charge in [0.15, 0.2) is 11.6 Å². The van der Waals surface area contributed by atoms with E-state index >= 15 is 0 Å². The minimum Gasteiger partial charge on any atom is -0.455 e. The van der Waals surface area contributed by atoms with E-state index in [1.807, 2.05) is 18.2 Å². The summed E-state index contributed by atoms with van der Waals surface area (Å²) in [6.07, 6.45) is 5.30. The van der Waals surface area contributed by atoms with E-state index in [0.717, 1.165) is 67.2 Å². The number of aromatic nitrogens is 3. The van der Waals surface area contributed by atoms with Crippen molar-refractivity contribution in [2.75, 3.05) is 0 Å². The summed E-state index contributed by atoms with van der Waals surface area (Å²) < 4.78 is 6.67. The molecule has 0 N–H and O–H groups in total. The smallest absolute Gasteiger partial charge is 0.164 e. The van der Waals surface area contributed by atoms with Crippen molar-refractivity contribution in [2.45, 2.75) is 12.3 Å². The van der Waals surface area contributed by atoms with Gasteiger partial charge >= 0.3 is 0 Å². The third-order valence-corrected chi connectivity index (χ3v) is 10.9. The van der Waals surface area contributed by atoms with Crippen LogP contribution < -0.4 is 0 Å². The van der Waals surface area contributed by atoms with Crippen LogP contribution in [-0.4, -0.2) is 15.0 Å². The molecule has 248 valence electrons. The molecule has 53 heavy (non-hydrogen) atoms. The molecule has 8 aromatic carbocycles. The number of hydrogen-bond acceptors (Lipinski definition) is 4. The van der Waals surface area contributed by atoms with Gasteiger partial charge < -0.3 is 4.42 Å². The number of benzene rings is 8. The van der Waals surface area contributed by atoms with Gasteiger partial charge in [0, 0.05) is 33.4 Å². The molecular weight excluding hydrogens is 647 g/mol. The molecule has 1 aliphatic carbocycles. The number of para-hydroxylation sites is 1. The number of allylic oxidation sites excluding steroid dienone is 1. The van der Waals surface area contributed by atoms with Crippen LogP contribution in [0.3, 0.4) is 0 Å². The van der Waals surface area contributed by atoms with Crippen molar-refractivity contribution < 1.29 is 4.42 Å². The normalized spacial score (nSPS) is 14.1. The van der Waals surface area contributed by atoms with E-state index < -0.39 is 0 Å². The highest BCUT2D eigenvalue weighted by molar-refractivity contribution is 6.16. The predicted octanol–water partition coefficient (Wildman–Crippen LogP) is 12.6. The van der Waals surface area contributed by atoms with Gasteiger partial charge in [0.05, 0.1) is 0 Å². The fourth-order valence-corrected chi connectivity index (χ4v) is 8.32. The molecule has 0 fully saturated rings.